The highest BCUT2D eigenvalue weighted by Crippen LogP contribution is 2.42. The zero-order chi connectivity index (χ0) is 24.4. The van der Waals surface area contributed by atoms with Crippen LogP contribution < -0.4 is 0 Å². The monoisotopic (exact) mass is 466 g/mol. The third-order valence-corrected chi connectivity index (χ3v) is 7.48. The summed E-state index contributed by atoms with van der Waals surface area (Å²) in [6.07, 6.45) is 7.25. The van der Waals surface area contributed by atoms with Gasteiger partial charge in [0.15, 0.2) is 5.82 Å². The zero-order valence-corrected chi connectivity index (χ0v) is 20.3. The van der Waals surface area contributed by atoms with Crippen molar-refractivity contribution in [2.45, 2.75) is 50.9 Å². The van der Waals surface area contributed by atoms with E-state index in [1.807, 2.05) is 30.2 Å². The lowest BCUT2D eigenvalue weighted by Gasteiger charge is -2.33. The molecule has 2 aliphatic rings. The van der Waals surface area contributed by atoms with Crippen molar-refractivity contribution >= 4 is 12.1 Å². The Hall–Kier alpha value is -3.79. The van der Waals surface area contributed by atoms with Crippen molar-refractivity contribution in [2.75, 3.05) is 20.1 Å². The summed E-state index contributed by atoms with van der Waals surface area (Å²) in [7, 11) is 1.78. The summed E-state index contributed by atoms with van der Waals surface area (Å²) in [5, 5.41) is 16.1. The lowest BCUT2D eigenvalue weighted by Crippen LogP contribution is -2.38. The van der Waals surface area contributed by atoms with Crippen molar-refractivity contribution in [1.82, 2.24) is 20.1 Å². The summed E-state index contributed by atoms with van der Waals surface area (Å²) >= 11 is 0. The van der Waals surface area contributed by atoms with Crippen LogP contribution in [0.25, 0.3) is 11.4 Å². The van der Waals surface area contributed by atoms with E-state index in [4.69, 9.17) is 0 Å². The van der Waals surface area contributed by atoms with Crippen LogP contribution in [0, 0.1) is 18.3 Å². The smallest absolute Gasteiger partial charge is 0.254 e. The minimum atomic E-state index is 0.0666. The highest BCUT2D eigenvalue weighted by molar-refractivity contribution is 5.97. The van der Waals surface area contributed by atoms with E-state index in [0.29, 0.717) is 23.2 Å². The molecule has 1 saturated heterocycles. The number of hydrogen-bond donors (Lipinski definition) is 1. The van der Waals surface area contributed by atoms with Crippen LogP contribution in [-0.2, 0) is 0 Å². The number of rotatable bonds is 5. The number of aliphatic imine (C=N–C) groups is 1. The minimum absolute atomic E-state index is 0.0666. The number of amides is 1. The number of aromatic amines is 1. The van der Waals surface area contributed by atoms with E-state index in [1.165, 1.54) is 17.5 Å². The van der Waals surface area contributed by atoms with Gasteiger partial charge in [0.05, 0.1) is 0 Å². The number of nitriles is 1. The Balaban J connectivity index is 1.35. The van der Waals surface area contributed by atoms with Crippen molar-refractivity contribution in [3.05, 3.63) is 70.0 Å². The second-order valence-corrected chi connectivity index (χ2v) is 9.62. The third kappa shape index (κ3) is 4.61. The average Bonchev–Trinajstić information content (AvgIpc) is 3.33. The molecule has 0 unspecified atom stereocenters. The van der Waals surface area contributed by atoms with Gasteiger partial charge in [-0.1, -0.05) is 36.8 Å². The predicted molar refractivity (Wildman–Crippen MR) is 136 cm³/mol. The summed E-state index contributed by atoms with van der Waals surface area (Å²) in [5.41, 5.74) is 6.22. The first-order valence-electron chi connectivity index (χ1n) is 12.4. The highest BCUT2D eigenvalue weighted by Gasteiger charge is 2.29. The van der Waals surface area contributed by atoms with Gasteiger partial charge >= 0.3 is 0 Å². The molecule has 7 nitrogen and oxygen atoms in total. The van der Waals surface area contributed by atoms with E-state index >= 15 is 0 Å². The highest BCUT2D eigenvalue weighted by atomic mass is 16.2. The van der Waals surface area contributed by atoms with Crippen molar-refractivity contribution in [3.63, 3.8) is 0 Å². The molecule has 1 N–H and O–H groups in total. The number of hydrogen-bond acceptors (Lipinski definition) is 5. The fraction of sp³-hybridized carbons (Fsp3) is 0.393. The van der Waals surface area contributed by atoms with Gasteiger partial charge in [0.2, 0.25) is 0 Å². The number of nitrogens with zero attached hydrogens (tertiary/aromatic N) is 5. The predicted octanol–water partition coefficient (Wildman–Crippen LogP) is 4.99. The number of benzene rings is 2. The summed E-state index contributed by atoms with van der Waals surface area (Å²) < 4.78 is 0. The molecule has 2 fully saturated rings. The van der Waals surface area contributed by atoms with Crippen molar-refractivity contribution < 1.29 is 4.79 Å². The van der Waals surface area contributed by atoms with Gasteiger partial charge in [-0.15, -0.1) is 5.10 Å². The summed E-state index contributed by atoms with van der Waals surface area (Å²) in [4.78, 5) is 24.0. The molecule has 3 aromatic rings. The molecule has 2 heterocycles. The molecule has 0 atom stereocenters. The molecule has 0 spiro atoms. The number of H-pyrrole nitrogens is 1. The number of aryl methyl sites for hydroxylation is 1. The molecule has 2 aromatic carbocycles. The normalized spacial score (nSPS) is 16.9. The second-order valence-electron chi connectivity index (χ2n) is 9.62. The van der Waals surface area contributed by atoms with E-state index < -0.39 is 0 Å². The van der Waals surface area contributed by atoms with Gasteiger partial charge in [-0.2, -0.15) is 10.2 Å². The first-order valence-corrected chi connectivity index (χ1v) is 12.4. The van der Waals surface area contributed by atoms with Crippen LogP contribution in [0.2, 0.25) is 0 Å². The fourth-order valence-electron chi connectivity index (χ4n) is 5.24. The molecule has 7 heteroatoms. The van der Waals surface area contributed by atoms with Gasteiger partial charge in [-0.05, 0) is 72.8 Å². The van der Waals surface area contributed by atoms with Crippen molar-refractivity contribution in [1.29, 1.82) is 5.26 Å². The standard InChI is InChI=1S/C28H30N6O/c1-18-14-24(22-4-3-5-22)25(27-31-26(16-29)32-33-27)15-23(18)28(35)34-12-10-21(11-13-34)20-8-6-19(7-9-20)17-30-2/h6-9,14-15,17,21-22H,3-5,10-13H2,1-2H3,(H,31,32,33). The SMILES string of the molecule is CN=Cc1ccc(C2CCN(C(=O)c3cc(-c4nc(C#N)n[nH]4)c(C4CCC4)cc3C)CC2)cc1. The molecule has 1 aliphatic carbocycles. The van der Waals surface area contributed by atoms with Crippen molar-refractivity contribution in [2.24, 2.45) is 4.99 Å². The molecule has 0 bridgehead atoms. The number of aromatic nitrogens is 3. The Morgan fingerprint density at radius 3 is 2.49 bits per heavy atom. The zero-order valence-electron chi connectivity index (χ0n) is 20.3. The molecular weight excluding hydrogens is 436 g/mol. The molecule has 1 amide bonds. The van der Waals surface area contributed by atoms with E-state index in [-0.39, 0.29) is 11.7 Å². The Morgan fingerprint density at radius 1 is 1.14 bits per heavy atom. The van der Waals surface area contributed by atoms with Crippen LogP contribution >= 0.6 is 0 Å². The van der Waals surface area contributed by atoms with Crippen LogP contribution in [-0.4, -0.2) is 52.3 Å². The van der Waals surface area contributed by atoms with Gasteiger partial charge in [-0.25, -0.2) is 0 Å². The van der Waals surface area contributed by atoms with Gasteiger partial charge in [0, 0.05) is 37.5 Å². The lowest BCUT2D eigenvalue weighted by molar-refractivity contribution is 0.0712. The molecule has 1 aromatic heterocycles. The summed E-state index contributed by atoms with van der Waals surface area (Å²) in [6, 6.07) is 14.7. The number of piperidine rings is 1. The number of carbonyl (C=O) groups is 1. The largest absolute Gasteiger partial charge is 0.339 e. The van der Waals surface area contributed by atoms with Crippen LogP contribution in [0.15, 0.2) is 41.4 Å². The van der Waals surface area contributed by atoms with E-state index in [0.717, 1.165) is 55.5 Å². The second kappa shape index (κ2) is 9.83. The quantitative estimate of drug-likeness (QED) is 0.536. The molecule has 5 rings (SSSR count). The van der Waals surface area contributed by atoms with Crippen LogP contribution in [0.1, 0.15) is 82.4 Å². The van der Waals surface area contributed by atoms with Crippen LogP contribution in [0.4, 0.5) is 0 Å². The van der Waals surface area contributed by atoms with Crippen molar-refractivity contribution in [3.8, 4) is 17.5 Å². The molecule has 1 saturated carbocycles. The van der Waals surface area contributed by atoms with Crippen LogP contribution in [0.3, 0.4) is 0 Å². The Bertz CT molecular complexity index is 1290. The fourth-order valence-corrected chi connectivity index (χ4v) is 5.24. The maximum Gasteiger partial charge on any atom is 0.254 e. The number of likely N-dealkylation sites (tertiary alicyclic amines) is 1. The Labute approximate surface area is 205 Å². The van der Waals surface area contributed by atoms with Gasteiger partial charge in [-0.3, -0.25) is 14.9 Å². The Morgan fingerprint density at radius 2 is 1.89 bits per heavy atom. The number of carbonyl (C=O) groups excluding carboxylic acids is 1. The first kappa shape index (κ1) is 23.0. The molecule has 0 radical (unpaired) electrons. The van der Waals surface area contributed by atoms with E-state index in [1.54, 1.807) is 7.05 Å². The maximum atomic E-state index is 13.6. The van der Waals surface area contributed by atoms with E-state index in [2.05, 4.69) is 50.5 Å². The van der Waals surface area contributed by atoms with Gasteiger partial charge in [0.25, 0.3) is 11.7 Å². The molecule has 1 aliphatic heterocycles. The first-order chi connectivity index (χ1) is 17.1. The van der Waals surface area contributed by atoms with Gasteiger partial charge in [0.1, 0.15) is 6.07 Å². The molecular formula is C28H30N6O. The Kier molecular flexibility index (Phi) is 6.45. The summed E-state index contributed by atoms with van der Waals surface area (Å²) in [6.45, 7) is 3.50. The maximum absolute atomic E-state index is 13.6. The number of nitrogens with one attached hydrogen (secondary N) is 1. The third-order valence-electron chi connectivity index (χ3n) is 7.48. The van der Waals surface area contributed by atoms with Crippen LogP contribution in [0.5, 0.6) is 0 Å². The van der Waals surface area contributed by atoms with E-state index in [9.17, 15) is 10.1 Å². The summed E-state index contributed by atoms with van der Waals surface area (Å²) in [5.74, 6) is 1.67. The molecule has 35 heavy (non-hydrogen) atoms. The molecule has 178 valence electrons. The topological polar surface area (TPSA) is 98.0 Å². The average molecular weight is 467 g/mol. The lowest BCUT2D eigenvalue weighted by atomic mass is 9.77. The minimum Gasteiger partial charge on any atom is -0.339 e. The van der Waals surface area contributed by atoms with Gasteiger partial charge < -0.3 is 4.90 Å².